The maximum Gasteiger partial charge on any atom is 0.326 e. The van der Waals surface area contributed by atoms with E-state index in [9.17, 15) is 14.7 Å². The summed E-state index contributed by atoms with van der Waals surface area (Å²) in [5, 5.41) is 21.9. The predicted molar refractivity (Wildman–Crippen MR) is 71.3 cm³/mol. The number of hydrogen-bond donors (Lipinski definition) is 3. The fourth-order valence-electron chi connectivity index (χ4n) is 2.94. The molecule has 106 valence electrons. The molecule has 1 aromatic rings. The number of hydrogen-bond acceptors (Lipinski definition) is 4. The molecule has 3 atom stereocenters. The summed E-state index contributed by atoms with van der Waals surface area (Å²) in [6.45, 7) is 0.0876. The fraction of sp³-hybridized carbons (Fsp3) is 0.429. The summed E-state index contributed by atoms with van der Waals surface area (Å²) in [7, 11) is 0. The number of amides is 1. The van der Waals surface area contributed by atoms with E-state index in [1.54, 1.807) is 0 Å². The molecular formula is C14H16N2O4. The van der Waals surface area contributed by atoms with Crippen molar-refractivity contribution >= 4 is 17.6 Å². The number of likely N-dealkylation sites (tertiary alicyclic amines) is 1. The SMILES string of the molecule is O=C(O)[C@H]1C[C@@H](O)CN1C(=O)[C@@H]1Cc2ccccc2N1. The number of anilines is 1. The Morgan fingerprint density at radius 1 is 1.30 bits per heavy atom. The molecule has 2 aliphatic rings. The average molecular weight is 276 g/mol. The van der Waals surface area contributed by atoms with Crippen molar-refractivity contribution in [1.82, 2.24) is 4.90 Å². The van der Waals surface area contributed by atoms with E-state index in [1.807, 2.05) is 24.3 Å². The number of para-hydroxylation sites is 1. The Morgan fingerprint density at radius 3 is 2.75 bits per heavy atom. The van der Waals surface area contributed by atoms with Crippen molar-refractivity contribution in [2.24, 2.45) is 0 Å². The second kappa shape index (κ2) is 4.79. The van der Waals surface area contributed by atoms with Gasteiger partial charge in [-0.1, -0.05) is 18.2 Å². The second-order valence-electron chi connectivity index (χ2n) is 5.29. The van der Waals surface area contributed by atoms with Crippen LogP contribution in [-0.2, 0) is 16.0 Å². The summed E-state index contributed by atoms with van der Waals surface area (Å²) in [5.74, 6) is -1.32. The molecular weight excluding hydrogens is 260 g/mol. The number of benzene rings is 1. The largest absolute Gasteiger partial charge is 0.480 e. The first-order valence-electron chi connectivity index (χ1n) is 6.62. The molecule has 1 fully saturated rings. The molecule has 0 aliphatic carbocycles. The lowest BCUT2D eigenvalue weighted by atomic mass is 10.1. The summed E-state index contributed by atoms with van der Waals surface area (Å²) in [5.41, 5.74) is 1.97. The van der Waals surface area contributed by atoms with E-state index < -0.39 is 24.2 Å². The van der Waals surface area contributed by atoms with Crippen molar-refractivity contribution in [2.45, 2.75) is 31.0 Å². The van der Waals surface area contributed by atoms with Crippen molar-refractivity contribution in [1.29, 1.82) is 0 Å². The monoisotopic (exact) mass is 276 g/mol. The molecule has 3 rings (SSSR count). The Hall–Kier alpha value is -2.08. The van der Waals surface area contributed by atoms with Crippen LogP contribution in [0.5, 0.6) is 0 Å². The van der Waals surface area contributed by atoms with Gasteiger partial charge in [0.1, 0.15) is 12.1 Å². The Balaban J connectivity index is 1.76. The van der Waals surface area contributed by atoms with E-state index in [0.29, 0.717) is 6.42 Å². The molecule has 6 nitrogen and oxygen atoms in total. The van der Waals surface area contributed by atoms with E-state index in [0.717, 1.165) is 11.3 Å². The van der Waals surface area contributed by atoms with Gasteiger partial charge < -0.3 is 20.4 Å². The van der Waals surface area contributed by atoms with Crippen molar-refractivity contribution in [3.8, 4) is 0 Å². The summed E-state index contributed by atoms with van der Waals surface area (Å²) in [4.78, 5) is 24.9. The van der Waals surface area contributed by atoms with Crippen molar-refractivity contribution in [2.75, 3.05) is 11.9 Å². The predicted octanol–water partition coefficient (Wildman–Crippen LogP) is 0.0696. The number of carboxylic acid groups (broad SMARTS) is 1. The van der Waals surface area contributed by atoms with Crippen LogP contribution >= 0.6 is 0 Å². The molecule has 1 saturated heterocycles. The standard InChI is InChI=1S/C14H16N2O4/c17-9-6-12(14(19)20)16(7-9)13(18)11-5-8-3-1-2-4-10(8)15-11/h1-4,9,11-12,15,17H,5-7H2,(H,19,20)/t9-,11+,12-/m1/s1. The van der Waals surface area contributed by atoms with Crippen LogP contribution in [-0.4, -0.2) is 51.7 Å². The Labute approximate surface area is 116 Å². The lowest BCUT2D eigenvalue weighted by Gasteiger charge is -2.24. The van der Waals surface area contributed by atoms with Gasteiger partial charge in [0.05, 0.1) is 6.10 Å². The third kappa shape index (κ3) is 2.12. The van der Waals surface area contributed by atoms with Gasteiger partial charge in [0.25, 0.3) is 0 Å². The maximum atomic E-state index is 12.5. The third-order valence-corrected chi connectivity index (χ3v) is 3.92. The zero-order valence-corrected chi connectivity index (χ0v) is 10.8. The number of fused-ring (bicyclic) bond motifs is 1. The van der Waals surface area contributed by atoms with E-state index in [-0.39, 0.29) is 18.9 Å². The zero-order valence-electron chi connectivity index (χ0n) is 10.8. The lowest BCUT2D eigenvalue weighted by molar-refractivity contribution is -0.148. The number of aliphatic hydroxyl groups excluding tert-OH is 1. The highest BCUT2D eigenvalue weighted by atomic mass is 16.4. The number of nitrogens with one attached hydrogen (secondary N) is 1. The van der Waals surface area contributed by atoms with Crippen LogP contribution in [0.15, 0.2) is 24.3 Å². The van der Waals surface area contributed by atoms with Crippen molar-refractivity contribution in [3.63, 3.8) is 0 Å². The Morgan fingerprint density at radius 2 is 2.05 bits per heavy atom. The molecule has 0 bridgehead atoms. The summed E-state index contributed by atoms with van der Waals surface area (Å²) >= 11 is 0. The van der Waals surface area contributed by atoms with Gasteiger partial charge in [0.2, 0.25) is 5.91 Å². The molecule has 1 aromatic carbocycles. The zero-order chi connectivity index (χ0) is 14.3. The molecule has 0 unspecified atom stereocenters. The van der Waals surface area contributed by atoms with Crippen LogP contribution in [0.3, 0.4) is 0 Å². The van der Waals surface area contributed by atoms with Gasteiger partial charge in [-0.25, -0.2) is 4.79 Å². The van der Waals surface area contributed by atoms with Crippen molar-refractivity contribution in [3.05, 3.63) is 29.8 Å². The van der Waals surface area contributed by atoms with Gasteiger partial charge in [-0.05, 0) is 11.6 Å². The number of carbonyl (C=O) groups excluding carboxylic acids is 1. The van der Waals surface area contributed by atoms with Gasteiger partial charge in [-0.3, -0.25) is 4.79 Å². The number of nitrogens with zero attached hydrogens (tertiary/aromatic N) is 1. The smallest absolute Gasteiger partial charge is 0.326 e. The lowest BCUT2D eigenvalue weighted by Crippen LogP contribution is -2.47. The number of rotatable bonds is 2. The molecule has 0 aromatic heterocycles. The molecule has 20 heavy (non-hydrogen) atoms. The summed E-state index contributed by atoms with van der Waals surface area (Å²) in [6.07, 6.45) is -0.113. The van der Waals surface area contributed by atoms with Gasteiger partial charge >= 0.3 is 5.97 Å². The molecule has 2 aliphatic heterocycles. The van der Waals surface area contributed by atoms with E-state index in [2.05, 4.69) is 5.32 Å². The van der Waals surface area contributed by atoms with Crippen LogP contribution < -0.4 is 5.32 Å². The van der Waals surface area contributed by atoms with Gasteiger partial charge in [0, 0.05) is 25.1 Å². The minimum Gasteiger partial charge on any atom is -0.480 e. The number of β-amino-alcohol motifs (C(OH)–C–C–N with tert-alkyl or cyclic N) is 1. The number of carbonyl (C=O) groups is 2. The number of carboxylic acids is 1. The first-order chi connectivity index (χ1) is 9.56. The molecule has 6 heteroatoms. The highest BCUT2D eigenvalue weighted by Gasteiger charge is 2.42. The van der Waals surface area contributed by atoms with E-state index >= 15 is 0 Å². The first kappa shape index (κ1) is 12.9. The quantitative estimate of drug-likeness (QED) is 0.711. The molecule has 0 spiro atoms. The van der Waals surface area contributed by atoms with Crippen LogP contribution in [0, 0.1) is 0 Å². The fourth-order valence-corrected chi connectivity index (χ4v) is 2.94. The topological polar surface area (TPSA) is 89.9 Å². The molecule has 2 heterocycles. The number of aliphatic hydroxyl groups is 1. The summed E-state index contributed by atoms with van der Waals surface area (Å²) < 4.78 is 0. The normalized spacial score (nSPS) is 28.1. The summed E-state index contributed by atoms with van der Waals surface area (Å²) in [6, 6.07) is 6.27. The van der Waals surface area contributed by atoms with Crippen LogP contribution in [0.2, 0.25) is 0 Å². The van der Waals surface area contributed by atoms with Crippen molar-refractivity contribution < 1.29 is 19.8 Å². The minimum atomic E-state index is -1.06. The molecule has 0 saturated carbocycles. The van der Waals surface area contributed by atoms with Crippen LogP contribution in [0.4, 0.5) is 5.69 Å². The third-order valence-electron chi connectivity index (χ3n) is 3.92. The number of aliphatic carboxylic acids is 1. The second-order valence-corrected chi connectivity index (χ2v) is 5.29. The van der Waals surface area contributed by atoms with E-state index in [4.69, 9.17) is 5.11 Å². The highest BCUT2D eigenvalue weighted by Crippen LogP contribution is 2.28. The van der Waals surface area contributed by atoms with Crippen LogP contribution in [0.1, 0.15) is 12.0 Å². The van der Waals surface area contributed by atoms with E-state index in [1.165, 1.54) is 4.90 Å². The average Bonchev–Trinajstić information content (AvgIpc) is 3.01. The Kier molecular flexibility index (Phi) is 3.10. The molecule has 1 amide bonds. The highest BCUT2D eigenvalue weighted by molar-refractivity contribution is 5.91. The maximum absolute atomic E-state index is 12.5. The van der Waals surface area contributed by atoms with Gasteiger partial charge in [-0.2, -0.15) is 0 Å². The van der Waals surface area contributed by atoms with Crippen LogP contribution in [0.25, 0.3) is 0 Å². The minimum absolute atomic E-state index is 0.0876. The van der Waals surface area contributed by atoms with Gasteiger partial charge in [0.15, 0.2) is 0 Å². The molecule has 3 N–H and O–H groups in total. The van der Waals surface area contributed by atoms with Gasteiger partial charge in [-0.15, -0.1) is 0 Å². The molecule has 0 radical (unpaired) electrons. The first-order valence-corrected chi connectivity index (χ1v) is 6.62. The Bertz CT molecular complexity index is 535.